The van der Waals surface area contributed by atoms with E-state index in [1.54, 1.807) is 6.07 Å². The van der Waals surface area contributed by atoms with Gasteiger partial charge in [0, 0.05) is 43.0 Å². The molecule has 2 aromatic carbocycles. The first-order valence-corrected chi connectivity index (χ1v) is 7.56. The maximum atomic E-state index is 11.1. The van der Waals surface area contributed by atoms with Crippen LogP contribution in [0.4, 0.5) is 10.5 Å². The summed E-state index contributed by atoms with van der Waals surface area (Å²) < 4.78 is 0. The Bertz CT molecular complexity index is 707. The Balaban J connectivity index is 1.93. The second-order valence-electron chi connectivity index (χ2n) is 5.52. The van der Waals surface area contributed by atoms with Crippen molar-refractivity contribution >= 4 is 18.1 Å². The van der Waals surface area contributed by atoms with E-state index < -0.39 is 6.09 Å². The lowest BCUT2D eigenvalue weighted by Crippen LogP contribution is -2.48. The normalized spacial score (nSPS) is 14.6. The third-order valence-electron chi connectivity index (χ3n) is 4.13. The fraction of sp³-hybridized carbons (Fsp3) is 0.222. The van der Waals surface area contributed by atoms with Gasteiger partial charge >= 0.3 is 6.09 Å². The fourth-order valence-corrected chi connectivity index (χ4v) is 2.89. The molecule has 0 atom stereocenters. The molecular weight excluding hydrogens is 292 g/mol. The van der Waals surface area contributed by atoms with Crippen LogP contribution in [-0.2, 0) is 0 Å². The summed E-state index contributed by atoms with van der Waals surface area (Å²) in [6.45, 7) is 2.26. The van der Waals surface area contributed by atoms with Gasteiger partial charge in [-0.05, 0) is 23.8 Å². The molecule has 1 heterocycles. The van der Waals surface area contributed by atoms with Crippen LogP contribution in [-0.4, -0.2) is 48.6 Å². The minimum Gasteiger partial charge on any atom is -0.465 e. The van der Waals surface area contributed by atoms with Gasteiger partial charge in [0.1, 0.15) is 6.29 Å². The molecular formula is C18H18N2O3. The van der Waals surface area contributed by atoms with Crippen molar-refractivity contribution in [1.82, 2.24) is 4.90 Å². The standard InChI is InChI=1S/C18H18N2O3/c21-13-14-6-7-17(16(12-14)15-4-2-1-3-5-15)19-8-10-20(11-9-19)18(22)23/h1-7,12-13H,8-11H2,(H,22,23). The van der Waals surface area contributed by atoms with Crippen molar-refractivity contribution in [2.75, 3.05) is 31.1 Å². The average molecular weight is 310 g/mol. The highest BCUT2D eigenvalue weighted by Crippen LogP contribution is 2.32. The van der Waals surface area contributed by atoms with E-state index in [-0.39, 0.29) is 0 Å². The number of nitrogens with zero attached hydrogens (tertiary/aromatic N) is 2. The highest BCUT2D eigenvalue weighted by atomic mass is 16.4. The number of carboxylic acid groups (broad SMARTS) is 1. The second kappa shape index (κ2) is 6.52. The van der Waals surface area contributed by atoms with E-state index in [4.69, 9.17) is 5.11 Å². The minimum absolute atomic E-state index is 0.485. The lowest BCUT2D eigenvalue weighted by atomic mass is 10.00. The number of carbonyl (C=O) groups is 2. The number of benzene rings is 2. The Morgan fingerprint density at radius 3 is 2.30 bits per heavy atom. The van der Waals surface area contributed by atoms with Gasteiger partial charge in [0.05, 0.1) is 0 Å². The lowest BCUT2D eigenvalue weighted by molar-refractivity contribution is 0.112. The summed E-state index contributed by atoms with van der Waals surface area (Å²) in [5.41, 5.74) is 3.72. The zero-order valence-corrected chi connectivity index (χ0v) is 12.7. The van der Waals surface area contributed by atoms with E-state index in [2.05, 4.69) is 4.90 Å². The van der Waals surface area contributed by atoms with Crippen molar-refractivity contribution in [2.45, 2.75) is 0 Å². The van der Waals surface area contributed by atoms with Gasteiger partial charge in [0.25, 0.3) is 0 Å². The SMILES string of the molecule is O=Cc1ccc(N2CCN(C(=O)O)CC2)c(-c2ccccc2)c1. The van der Waals surface area contributed by atoms with Crippen LogP contribution in [0.5, 0.6) is 0 Å². The van der Waals surface area contributed by atoms with Crippen LogP contribution in [0.2, 0.25) is 0 Å². The molecule has 0 spiro atoms. The first-order chi connectivity index (χ1) is 11.2. The van der Waals surface area contributed by atoms with E-state index in [1.807, 2.05) is 42.5 Å². The highest BCUT2D eigenvalue weighted by molar-refractivity contribution is 5.85. The largest absolute Gasteiger partial charge is 0.465 e. The molecule has 1 aliphatic heterocycles. The summed E-state index contributed by atoms with van der Waals surface area (Å²) in [6, 6.07) is 15.6. The molecule has 1 fully saturated rings. The van der Waals surface area contributed by atoms with Gasteiger partial charge < -0.3 is 14.9 Å². The summed E-state index contributed by atoms with van der Waals surface area (Å²) in [6.07, 6.45) is -0.0253. The van der Waals surface area contributed by atoms with Crippen molar-refractivity contribution in [1.29, 1.82) is 0 Å². The van der Waals surface area contributed by atoms with Crippen molar-refractivity contribution < 1.29 is 14.7 Å². The maximum absolute atomic E-state index is 11.1. The maximum Gasteiger partial charge on any atom is 0.407 e. The molecule has 0 aromatic heterocycles. The molecule has 1 saturated heterocycles. The molecule has 0 radical (unpaired) electrons. The van der Waals surface area contributed by atoms with Crippen molar-refractivity contribution in [3.63, 3.8) is 0 Å². The first-order valence-electron chi connectivity index (χ1n) is 7.56. The zero-order chi connectivity index (χ0) is 16.2. The topological polar surface area (TPSA) is 60.9 Å². The van der Waals surface area contributed by atoms with E-state index in [0.717, 1.165) is 23.1 Å². The van der Waals surface area contributed by atoms with E-state index in [9.17, 15) is 9.59 Å². The summed E-state index contributed by atoms with van der Waals surface area (Å²) in [4.78, 5) is 25.8. The molecule has 5 nitrogen and oxygen atoms in total. The molecule has 0 aliphatic carbocycles. The summed E-state index contributed by atoms with van der Waals surface area (Å²) >= 11 is 0. The fourth-order valence-electron chi connectivity index (χ4n) is 2.89. The van der Waals surface area contributed by atoms with E-state index in [0.29, 0.717) is 31.7 Å². The minimum atomic E-state index is -0.871. The Morgan fingerprint density at radius 2 is 1.70 bits per heavy atom. The smallest absolute Gasteiger partial charge is 0.407 e. The third kappa shape index (κ3) is 3.18. The first kappa shape index (κ1) is 15.1. The number of amides is 1. The number of hydrogen-bond acceptors (Lipinski definition) is 3. The summed E-state index contributed by atoms with van der Waals surface area (Å²) in [7, 11) is 0. The van der Waals surface area contributed by atoms with Gasteiger partial charge in [-0.1, -0.05) is 30.3 Å². The summed E-state index contributed by atoms with van der Waals surface area (Å²) in [5, 5.41) is 9.06. The second-order valence-corrected chi connectivity index (χ2v) is 5.52. The molecule has 0 saturated carbocycles. The Morgan fingerprint density at radius 1 is 1.00 bits per heavy atom. The third-order valence-corrected chi connectivity index (χ3v) is 4.13. The van der Waals surface area contributed by atoms with Crippen LogP contribution in [0.15, 0.2) is 48.5 Å². The lowest BCUT2D eigenvalue weighted by Gasteiger charge is -2.35. The van der Waals surface area contributed by atoms with Gasteiger partial charge in [-0.15, -0.1) is 0 Å². The van der Waals surface area contributed by atoms with Crippen LogP contribution in [0.3, 0.4) is 0 Å². The highest BCUT2D eigenvalue weighted by Gasteiger charge is 2.22. The van der Waals surface area contributed by atoms with Crippen LogP contribution in [0.1, 0.15) is 10.4 Å². The van der Waals surface area contributed by atoms with Crippen LogP contribution in [0.25, 0.3) is 11.1 Å². The molecule has 1 amide bonds. The monoisotopic (exact) mass is 310 g/mol. The molecule has 0 unspecified atom stereocenters. The number of hydrogen-bond donors (Lipinski definition) is 1. The van der Waals surface area contributed by atoms with Gasteiger partial charge in [-0.25, -0.2) is 4.79 Å². The molecule has 23 heavy (non-hydrogen) atoms. The molecule has 0 bridgehead atoms. The number of rotatable bonds is 3. The summed E-state index contributed by atoms with van der Waals surface area (Å²) in [5.74, 6) is 0. The zero-order valence-electron chi connectivity index (χ0n) is 12.7. The van der Waals surface area contributed by atoms with Gasteiger partial charge in [-0.2, -0.15) is 0 Å². The predicted molar refractivity (Wildman–Crippen MR) is 89.1 cm³/mol. The van der Waals surface area contributed by atoms with Gasteiger partial charge in [-0.3, -0.25) is 4.79 Å². The number of piperazine rings is 1. The number of aldehydes is 1. The van der Waals surface area contributed by atoms with Crippen LogP contribution >= 0.6 is 0 Å². The molecule has 1 N–H and O–H groups in total. The number of carbonyl (C=O) groups excluding carboxylic acids is 1. The predicted octanol–water partition coefficient (Wildman–Crippen LogP) is 2.97. The van der Waals surface area contributed by atoms with Crippen LogP contribution in [0, 0.1) is 0 Å². The Kier molecular flexibility index (Phi) is 4.28. The van der Waals surface area contributed by atoms with E-state index >= 15 is 0 Å². The van der Waals surface area contributed by atoms with Crippen molar-refractivity contribution in [3.05, 3.63) is 54.1 Å². The van der Waals surface area contributed by atoms with Crippen LogP contribution < -0.4 is 4.90 Å². The van der Waals surface area contributed by atoms with Crippen molar-refractivity contribution in [3.8, 4) is 11.1 Å². The Hall–Kier alpha value is -2.82. The average Bonchev–Trinajstić information content (AvgIpc) is 2.62. The molecule has 5 heteroatoms. The van der Waals surface area contributed by atoms with Gasteiger partial charge in [0.15, 0.2) is 0 Å². The quantitative estimate of drug-likeness (QED) is 0.885. The van der Waals surface area contributed by atoms with Crippen molar-refractivity contribution in [2.24, 2.45) is 0 Å². The molecule has 2 aromatic rings. The number of anilines is 1. The Labute approximate surface area is 134 Å². The van der Waals surface area contributed by atoms with E-state index in [1.165, 1.54) is 4.90 Å². The molecule has 1 aliphatic rings. The molecule has 118 valence electrons. The molecule has 3 rings (SSSR count). The van der Waals surface area contributed by atoms with Gasteiger partial charge in [0.2, 0.25) is 0 Å².